The van der Waals surface area contributed by atoms with Crippen LogP contribution in [0.5, 0.6) is 0 Å². The molecule has 17 heavy (non-hydrogen) atoms. The zero-order valence-electron chi connectivity index (χ0n) is 10.3. The molecule has 4 heteroatoms. The molecule has 0 heterocycles. The van der Waals surface area contributed by atoms with E-state index in [1.165, 1.54) is 18.2 Å². The number of aryl methyl sites for hydroxylation is 1. The van der Waals surface area contributed by atoms with E-state index in [0.717, 1.165) is 0 Å². The highest BCUT2D eigenvalue weighted by atomic mass is 19.1. The van der Waals surface area contributed by atoms with E-state index in [1.54, 1.807) is 13.8 Å². The fraction of sp³-hybridized carbons (Fsp3) is 0.462. The summed E-state index contributed by atoms with van der Waals surface area (Å²) in [6, 6.07) is 4.13. The molecule has 0 saturated heterocycles. The number of hydrogen-bond donors (Lipinski definition) is 2. The van der Waals surface area contributed by atoms with Crippen molar-refractivity contribution in [3.63, 3.8) is 0 Å². The van der Waals surface area contributed by atoms with Crippen LogP contribution in [0.25, 0.3) is 0 Å². The highest BCUT2D eigenvalue weighted by molar-refractivity contribution is 5.94. The molecule has 0 radical (unpaired) electrons. The van der Waals surface area contributed by atoms with Gasteiger partial charge in [-0.2, -0.15) is 0 Å². The topological polar surface area (TPSA) is 49.3 Å². The van der Waals surface area contributed by atoms with Gasteiger partial charge in [-0.1, -0.05) is 0 Å². The third kappa shape index (κ3) is 4.15. The zero-order chi connectivity index (χ0) is 13.0. The highest BCUT2D eigenvalue weighted by Gasteiger charge is 2.12. The van der Waals surface area contributed by atoms with Crippen molar-refractivity contribution in [1.82, 2.24) is 5.32 Å². The number of aliphatic hydroxyl groups excluding tert-OH is 1. The second-order valence-electron chi connectivity index (χ2n) is 4.42. The Balaban J connectivity index is 2.66. The number of amides is 1. The molecule has 1 aromatic carbocycles. The summed E-state index contributed by atoms with van der Waals surface area (Å²) in [5.41, 5.74) is 0.877. The molecule has 3 nitrogen and oxygen atoms in total. The Hall–Kier alpha value is -1.42. The van der Waals surface area contributed by atoms with Crippen molar-refractivity contribution in [1.29, 1.82) is 0 Å². The first-order valence-electron chi connectivity index (χ1n) is 5.65. The van der Waals surface area contributed by atoms with Gasteiger partial charge in [-0.05, 0) is 51.0 Å². The van der Waals surface area contributed by atoms with Crippen molar-refractivity contribution in [2.75, 3.05) is 0 Å². The first-order chi connectivity index (χ1) is 7.90. The minimum absolute atomic E-state index is 0.118. The van der Waals surface area contributed by atoms with E-state index in [2.05, 4.69) is 5.32 Å². The van der Waals surface area contributed by atoms with Gasteiger partial charge in [0.15, 0.2) is 0 Å². The second-order valence-corrected chi connectivity index (χ2v) is 4.42. The molecule has 0 aliphatic carbocycles. The van der Waals surface area contributed by atoms with Crippen molar-refractivity contribution in [3.05, 3.63) is 35.1 Å². The normalized spacial score (nSPS) is 14.2. The summed E-state index contributed by atoms with van der Waals surface area (Å²) in [5.74, 6) is -0.570. The SMILES string of the molecule is Cc1cc(C(=O)NC(C)CC(C)O)ccc1F. The molecule has 1 aromatic rings. The summed E-state index contributed by atoms with van der Waals surface area (Å²) in [6.07, 6.45) is 0.0339. The predicted molar refractivity (Wildman–Crippen MR) is 64.4 cm³/mol. The maximum absolute atomic E-state index is 13.0. The third-order valence-electron chi connectivity index (χ3n) is 2.49. The first-order valence-corrected chi connectivity index (χ1v) is 5.65. The molecule has 0 spiro atoms. The number of carbonyl (C=O) groups is 1. The Labute approximate surface area is 101 Å². The summed E-state index contributed by atoms with van der Waals surface area (Å²) in [4.78, 5) is 11.8. The molecule has 2 unspecified atom stereocenters. The smallest absolute Gasteiger partial charge is 0.251 e. The lowest BCUT2D eigenvalue weighted by atomic mass is 10.1. The molecular weight excluding hydrogens is 221 g/mol. The van der Waals surface area contributed by atoms with Crippen LogP contribution in [0.4, 0.5) is 4.39 Å². The number of halogens is 1. The van der Waals surface area contributed by atoms with Crippen LogP contribution >= 0.6 is 0 Å². The lowest BCUT2D eigenvalue weighted by Gasteiger charge is -2.15. The Morgan fingerprint density at radius 1 is 1.47 bits per heavy atom. The van der Waals surface area contributed by atoms with Gasteiger partial charge in [-0.3, -0.25) is 4.79 Å². The minimum Gasteiger partial charge on any atom is -0.393 e. The van der Waals surface area contributed by atoms with Crippen LogP contribution in [0.3, 0.4) is 0 Å². The number of aliphatic hydroxyl groups is 1. The van der Waals surface area contributed by atoms with Crippen LogP contribution in [0.1, 0.15) is 36.2 Å². The van der Waals surface area contributed by atoms with Gasteiger partial charge in [0, 0.05) is 11.6 Å². The van der Waals surface area contributed by atoms with E-state index < -0.39 is 6.10 Å². The van der Waals surface area contributed by atoms with Crippen LogP contribution in [-0.2, 0) is 0 Å². The average molecular weight is 239 g/mol. The van der Waals surface area contributed by atoms with Gasteiger partial charge in [-0.15, -0.1) is 0 Å². The quantitative estimate of drug-likeness (QED) is 0.844. The standard InChI is InChI=1S/C13H18FNO2/c1-8-6-11(4-5-12(8)14)13(17)15-9(2)7-10(3)16/h4-6,9-10,16H,7H2,1-3H3,(H,15,17). The fourth-order valence-corrected chi connectivity index (χ4v) is 1.66. The summed E-state index contributed by atoms with van der Waals surface area (Å²) < 4.78 is 13.0. The maximum atomic E-state index is 13.0. The Kier molecular flexibility index (Phi) is 4.63. The van der Waals surface area contributed by atoms with Crippen molar-refractivity contribution < 1.29 is 14.3 Å². The third-order valence-corrected chi connectivity index (χ3v) is 2.49. The molecular formula is C13H18FNO2. The number of rotatable bonds is 4. The lowest BCUT2D eigenvalue weighted by Crippen LogP contribution is -2.34. The first kappa shape index (κ1) is 13.6. The van der Waals surface area contributed by atoms with E-state index in [9.17, 15) is 14.3 Å². The van der Waals surface area contributed by atoms with Crippen molar-refractivity contribution in [2.24, 2.45) is 0 Å². The summed E-state index contributed by atoms with van der Waals surface area (Å²) in [6.45, 7) is 5.11. The van der Waals surface area contributed by atoms with Gasteiger partial charge in [0.25, 0.3) is 5.91 Å². The molecule has 0 saturated carbocycles. The molecule has 0 bridgehead atoms. The Morgan fingerprint density at radius 2 is 2.12 bits per heavy atom. The van der Waals surface area contributed by atoms with Gasteiger partial charge in [0.1, 0.15) is 5.82 Å². The van der Waals surface area contributed by atoms with Crippen LogP contribution in [0.15, 0.2) is 18.2 Å². The summed E-state index contributed by atoms with van der Waals surface area (Å²) >= 11 is 0. The van der Waals surface area contributed by atoms with Crippen LogP contribution in [-0.4, -0.2) is 23.2 Å². The van der Waals surface area contributed by atoms with Gasteiger partial charge in [-0.25, -0.2) is 4.39 Å². The molecule has 2 atom stereocenters. The minimum atomic E-state index is -0.458. The van der Waals surface area contributed by atoms with E-state index in [1.807, 2.05) is 6.92 Å². The molecule has 0 aromatic heterocycles. The summed E-state index contributed by atoms with van der Waals surface area (Å²) in [5, 5.41) is 11.9. The van der Waals surface area contributed by atoms with Gasteiger partial charge in [0.2, 0.25) is 0 Å². The van der Waals surface area contributed by atoms with E-state index in [-0.39, 0.29) is 17.8 Å². The monoisotopic (exact) mass is 239 g/mol. The van der Waals surface area contributed by atoms with Crippen molar-refractivity contribution in [3.8, 4) is 0 Å². The van der Waals surface area contributed by atoms with Crippen LogP contribution in [0.2, 0.25) is 0 Å². The van der Waals surface area contributed by atoms with Crippen LogP contribution in [0, 0.1) is 12.7 Å². The van der Waals surface area contributed by atoms with E-state index in [0.29, 0.717) is 17.5 Å². The zero-order valence-corrected chi connectivity index (χ0v) is 10.3. The molecule has 1 rings (SSSR count). The molecule has 0 fully saturated rings. The summed E-state index contributed by atoms with van der Waals surface area (Å²) in [7, 11) is 0. The van der Waals surface area contributed by atoms with E-state index in [4.69, 9.17) is 0 Å². The average Bonchev–Trinajstić information content (AvgIpc) is 2.20. The number of carbonyl (C=O) groups excluding carboxylic acids is 1. The number of nitrogens with one attached hydrogen (secondary N) is 1. The Bertz CT molecular complexity index is 404. The number of benzene rings is 1. The van der Waals surface area contributed by atoms with Crippen LogP contribution < -0.4 is 5.32 Å². The van der Waals surface area contributed by atoms with Gasteiger partial charge < -0.3 is 10.4 Å². The predicted octanol–water partition coefficient (Wildman–Crippen LogP) is 2.02. The maximum Gasteiger partial charge on any atom is 0.251 e. The second kappa shape index (κ2) is 5.77. The van der Waals surface area contributed by atoms with Gasteiger partial charge in [0.05, 0.1) is 6.10 Å². The number of hydrogen-bond acceptors (Lipinski definition) is 2. The molecule has 0 aliphatic rings. The van der Waals surface area contributed by atoms with Crippen molar-refractivity contribution in [2.45, 2.75) is 39.3 Å². The molecule has 1 amide bonds. The largest absolute Gasteiger partial charge is 0.393 e. The van der Waals surface area contributed by atoms with Gasteiger partial charge >= 0.3 is 0 Å². The molecule has 2 N–H and O–H groups in total. The Morgan fingerprint density at radius 3 is 2.65 bits per heavy atom. The molecule has 0 aliphatic heterocycles. The van der Waals surface area contributed by atoms with E-state index >= 15 is 0 Å². The van der Waals surface area contributed by atoms with Crippen molar-refractivity contribution >= 4 is 5.91 Å². The molecule has 94 valence electrons. The highest BCUT2D eigenvalue weighted by Crippen LogP contribution is 2.09. The lowest BCUT2D eigenvalue weighted by molar-refractivity contribution is 0.0923. The fourth-order valence-electron chi connectivity index (χ4n) is 1.66.